The van der Waals surface area contributed by atoms with Gasteiger partial charge in [0, 0.05) is 34.6 Å². The molecule has 2 aromatic carbocycles. The lowest BCUT2D eigenvalue weighted by atomic mass is 9.80. The summed E-state index contributed by atoms with van der Waals surface area (Å²) in [5.74, 6) is 0.868. The van der Waals surface area contributed by atoms with E-state index in [1.165, 1.54) is 11.8 Å². The Bertz CT molecular complexity index is 1450. The SMILES string of the molecule is Cc1ccc(-c2cnc3c(c2)[C@]2(COCC(N)=N2)c2cc(-c4cccnc4F)ccc2O3)cc1. The monoisotopic (exact) mass is 452 g/mol. The molecule has 7 heteroatoms. The summed E-state index contributed by atoms with van der Waals surface area (Å²) in [7, 11) is 0. The molecule has 0 saturated heterocycles. The average molecular weight is 452 g/mol. The van der Waals surface area contributed by atoms with Crippen LogP contribution in [0.1, 0.15) is 16.7 Å². The number of pyridine rings is 2. The zero-order valence-corrected chi connectivity index (χ0v) is 18.5. The third-order valence-corrected chi connectivity index (χ3v) is 6.28. The number of aryl methyl sites for hydroxylation is 1. The number of nitrogens with two attached hydrogens (primary N) is 1. The molecule has 0 radical (unpaired) electrons. The zero-order chi connectivity index (χ0) is 23.3. The Balaban J connectivity index is 1.57. The highest BCUT2D eigenvalue weighted by molar-refractivity contribution is 5.84. The molecule has 4 heterocycles. The molecule has 0 amide bonds. The van der Waals surface area contributed by atoms with Gasteiger partial charge >= 0.3 is 0 Å². The summed E-state index contributed by atoms with van der Waals surface area (Å²) in [4.78, 5) is 13.3. The van der Waals surface area contributed by atoms with Crippen molar-refractivity contribution in [3.05, 3.63) is 95.7 Å². The first-order valence-corrected chi connectivity index (χ1v) is 11.0. The summed E-state index contributed by atoms with van der Waals surface area (Å²) in [6.45, 7) is 2.55. The van der Waals surface area contributed by atoms with Crippen LogP contribution in [-0.2, 0) is 10.3 Å². The molecule has 2 aromatic heterocycles. The minimum absolute atomic E-state index is 0.245. The highest BCUT2D eigenvalue weighted by atomic mass is 19.1. The van der Waals surface area contributed by atoms with Crippen molar-refractivity contribution in [2.75, 3.05) is 13.2 Å². The predicted octanol–water partition coefficient (Wildman–Crippen LogP) is 4.99. The van der Waals surface area contributed by atoms with Gasteiger partial charge in [-0.2, -0.15) is 4.39 Å². The average Bonchev–Trinajstić information content (AvgIpc) is 2.85. The van der Waals surface area contributed by atoms with E-state index in [2.05, 4.69) is 34.2 Å². The minimum Gasteiger partial charge on any atom is -0.438 e. The van der Waals surface area contributed by atoms with E-state index in [0.717, 1.165) is 22.3 Å². The summed E-state index contributed by atoms with van der Waals surface area (Å²) in [5, 5.41) is 0. The fourth-order valence-corrected chi connectivity index (χ4v) is 4.58. The Morgan fingerprint density at radius 2 is 1.74 bits per heavy atom. The summed E-state index contributed by atoms with van der Waals surface area (Å²) in [5.41, 5.74) is 10.9. The number of fused-ring (bicyclic) bond motifs is 4. The van der Waals surface area contributed by atoms with Crippen molar-refractivity contribution in [3.8, 4) is 33.9 Å². The van der Waals surface area contributed by atoms with Crippen LogP contribution >= 0.6 is 0 Å². The molecule has 0 aliphatic carbocycles. The van der Waals surface area contributed by atoms with E-state index >= 15 is 0 Å². The second-order valence-electron chi connectivity index (χ2n) is 8.55. The van der Waals surface area contributed by atoms with Crippen molar-refractivity contribution in [3.63, 3.8) is 0 Å². The normalized spacial score (nSPS) is 18.6. The predicted molar refractivity (Wildman–Crippen MR) is 127 cm³/mol. The van der Waals surface area contributed by atoms with E-state index in [1.54, 1.807) is 30.5 Å². The molecule has 1 atom stereocenters. The highest BCUT2D eigenvalue weighted by Gasteiger charge is 2.45. The summed E-state index contributed by atoms with van der Waals surface area (Å²) < 4.78 is 26.6. The van der Waals surface area contributed by atoms with Gasteiger partial charge in [-0.1, -0.05) is 35.9 Å². The van der Waals surface area contributed by atoms with E-state index in [9.17, 15) is 4.39 Å². The van der Waals surface area contributed by atoms with Crippen LogP contribution in [0.25, 0.3) is 22.3 Å². The van der Waals surface area contributed by atoms with Gasteiger partial charge in [-0.15, -0.1) is 0 Å². The van der Waals surface area contributed by atoms with Gasteiger partial charge in [0.25, 0.3) is 0 Å². The molecule has 6 nitrogen and oxygen atoms in total. The van der Waals surface area contributed by atoms with Crippen molar-refractivity contribution in [1.82, 2.24) is 9.97 Å². The lowest BCUT2D eigenvalue weighted by Crippen LogP contribution is -2.42. The Morgan fingerprint density at radius 3 is 2.53 bits per heavy atom. The fourth-order valence-electron chi connectivity index (χ4n) is 4.58. The number of hydrogen-bond acceptors (Lipinski definition) is 6. The maximum Gasteiger partial charge on any atom is 0.225 e. The molecule has 2 N–H and O–H groups in total. The molecule has 0 bridgehead atoms. The van der Waals surface area contributed by atoms with Crippen LogP contribution < -0.4 is 10.5 Å². The Labute approximate surface area is 195 Å². The third kappa shape index (κ3) is 3.24. The highest BCUT2D eigenvalue weighted by Crippen LogP contribution is 2.51. The van der Waals surface area contributed by atoms with Crippen molar-refractivity contribution in [2.45, 2.75) is 12.5 Å². The molecule has 4 aromatic rings. The number of amidine groups is 1. The van der Waals surface area contributed by atoms with Gasteiger partial charge in [-0.3, -0.25) is 4.99 Å². The van der Waals surface area contributed by atoms with E-state index in [-0.39, 0.29) is 13.2 Å². The number of ether oxygens (including phenoxy) is 2. The van der Waals surface area contributed by atoms with Gasteiger partial charge in [0.15, 0.2) is 0 Å². The van der Waals surface area contributed by atoms with Gasteiger partial charge in [0.2, 0.25) is 11.8 Å². The van der Waals surface area contributed by atoms with Gasteiger partial charge < -0.3 is 15.2 Å². The number of aromatic nitrogens is 2. The topological polar surface area (TPSA) is 82.6 Å². The molecular weight excluding hydrogens is 431 g/mol. The van der Waals surface area contributed by atoms with Crippen LogP contribution in [0.3, 0.4) is 0 Å². The maximum absolute atomic E-state index is 14.5. The van der Waals surface area contributed by atoms with Crippen molar-refractivity contribution in [2.24, 2.45) is 10.7 Å². The van der Waals surface area contributed by atoms with Crippen LogP contribution in [0, 0.1) is 12.9 Å². The summed E-state index contributed by atoms with van der Waals surface area (Å²) in [6, 6.07) is 19.1. The van der Waals surface area contributed by atoms with Crippen LogP contribution in [0.5, 0.6) is 11.6 Å². The number of aliphatic imine (C=N–C) groups is 1. The summed E-state index contributed by atoms with van der Waals surface area (Å²) >= 11 is 0. The van der Waals surface area contributed by atoms with Crippen LogP contribution in [-0.4, -0.2) is 29.0 Å². The maximum atomic E-state index is 14.5. The molecule has 2 aliphatic heterocycles. The quantitative estimate of drug-likeness (QED) is 0.433. The largest absolute Gasteiger partial charge is 0.438 e. The van der Waals surface area contributed by atoms with Crippen molar-refractivity contribution in [1.29, 1.82) is 0 Å². The number of hydrogen-bond donors (Lipinski definition) is 1. The molecule has 1 spiro atoms. The van der Waals surface area contributed by atoms with E-state index in [4.69, 9.17) is 20.2 Å². The fraction of sp³-hybridized carbons (Fsp3) is 0.148. The van der Waals surface area contributed by atoms with Gasteiger partial charge in [0.1, 0.15) is 23.7 Å². The van der Waals surface area contributed by atoms with Crippen molar-refractivity contribution < 1.29 is 13.9 Å². The minimum atomic E-state index is -0.965. The van der Waals surface area contributed by atoms with Gasteiger partial charge in [0.05, 0.1) is 6.61 Å². The second kappa shape index (κ2) is 7.74. The first kappa shape index (κ1) is 20.5. The van der Waals surface area contributed by atoms with E-state index in [0.29, 0.717) is 28.6 Å². The first-order chi connectivity index (χ1) is 16.5. The van der Waals surface area contributed by atoms with Crippen molar-refractivity contribution >= 4 is 5.84 Å². The lowest BCUT2D eigenvalue weighted by molar-refractivity contribution is 0.109. The Kier molecular flexibility index (Phi) is 4.67. The molecule has 34 heavy (non-hydrogen) atoms. The zero-order valence-electron chi connectivity index (χ0n) is 18.5. The van der Waals surface area contributed by atoms with Gasteiger partial charge in [-0.05, 0) is 48.4 Å². The number of rotatable bonds is 2. The second-order valence-corrected chi connectivity index (χ2v) is 8.55. The number of nitrogens with zero attached hydrogens (tertiary/aromatic N) is 3. The van der Waals surface area contributed by atoms with Gasteiger partial charge in [-0.25, -0.2) is 9.97 Å². The van der Waals surface area contributed by atoms with Crippen LogP contribution in [0.4, 0.5) is 4.39 Å². The first-order valence-electron chi connectivity index (χ1n) is 11.0. The lowest BCUT2D eigenvalue weighted by Gasteiger charge is -2.39. The van der Waals surface area contributed by atoms with E-state index < -0.39 is 11.5 Å². The Hall–Kier alpha value is -4.10. The molecular formula is C27H21FN4O2. The molecule has 2 aliphatic rings. The van der Waals surface area contributed by atoms with E-state index in [1.807, 2.05) is 19.1 Å². The Morgan fingerprint density at radius 1 is 0.941 bits per heavy atom. The number of halogens is 1. The van der Waals surface area contributed by atoms with Crippen LogP contribution in [0.15, 0.2) is 78.0 Å². The molecule has 0 unspecified atom stereocenters. The molecule has 168 valence electrons. The standard InChI is InChI=1S/C27H21FN4O2/c1-16-4-6-17(7-5-16)19-12-22-26(31-13-19)34-23-9-8-18(20-3-2-10-30-25(20)28)11-21(23)27(22)15-33-14-24(29)32-27/h2-13H,14-15H2,1H3,(H2,29,32)/t27-/m0/s1. The molecule has 0 saturated carbocycles. The smallest absolute Gasteiger partial charge is 0.225 e. The molecule has 0 fully saturated rings. The van der Waals surface area contributed by atoms with Crippen LogP contribution in [0.2, 0.25) is 0 Å². The third-order valence-electron chi connectivity index (χ3n) is 6.28. The number of benzene rings is 2. The molecule has 6 rings (SSSR count). The summed E-state index contributed by atoms with van der Waals surface area (Å²) in [6.07, 6.45) is 3.22.